The van der Waals surface area contributed by atoms with Crippen molar-refractivity contribution in [3.8, 4) is 5.75 Å². The average Bonchev–Trinajstić information content (AvgIpc) is 2.67. The number of rotatable bonds is 4. The molecule has 4 nitrogen and oxygen atoms in total. The van der Waals surface area contributed by atoms with Crippen LogP contribution in [0.4, 0.5) is 0 Å². The average molecular weight is 264 g/mol. The molecule has 1 aliphatic rings. The SMILES string of the molecule is Cc1ccc(C(=O)O)cc1OCC1CCC(C)(C)O1. The van der Waals surface area contributed by atoms with Crippen molar-refractivity contribution in [1.82, 2.24) is 0 Å². The molecule has 0 saturated carbocycles. The molecule has 1 atom stereocenters. The van der Waals surface area contributed by atoms with Gasteiger partial charge in [-0.3, -0.25) is 0 Å². The van der Waals surface area contributed by atoms with E-state index in [0.717, 1.165) is 18.4 Å². The number of carboxylic acids is 1. The normalized spacial score (nSPS) is 21.3. The van der Waals surface area contributed by atoms with Crippen molar-refractivity contribution < 1.29 is 19.4 Å². The van der Waals surface area contributed by atoms with Crippen molar-refractivity contribution in [2.45, 2.75) is 45.3 Å². The van der Waals surface area contributed by atoms with Gasteiger partial charge in [0.05, 0.1) is 17.3 Å². The molecule has 1 aliphatic heterocycles. The van der Waals surface area contributed by atoms with Crippen LogP contribution in [0, 0.1) is 6.92 Å². The molecule has 1 fully saturated rings. The van der Waals surface area contributed by atoms with E-state index in [2.05, 4.69) is 13.8 Å². The van der Waals surface area contributed by atoms with Crippen LogP contribution in [0.1, 0.15) is 42.6 Å². The van der Waals surface area contributed by atoms with Gasteiger partial charge in [-0.25, -0.2) is 4.79 Å². The Hall–Kier alpha value is -1.55. The molecule has 2 rings (SSSR count). The molecule has 0 spiro atoms. The van der Waals surface area contributed by atoms with Crippen LogP contribution in [0.3, 0.4) is 0 Å². The number of ether oxygens (including phenoxy) is 2. The minimum atomic E-state index is -0.942. The highest BCUT2D eigenvalue weighted by atomic mass is 16.6. The maximum atomic E-state index is 10.9. The van der Waals surface area contributed by atoms with Crippen molar-refractivity contribution in [2.75, 3.05) is 6.61 Å². The lowest BCUT2D eigenvalue weighted by Crippen LogP contribution is -2.24. The third-order valence-corrected chi connectivity index (χ3v) is 3.41. The highest BCUT2D eigenvalue weighted by Gasteiger charge is 2.31. The Morgan fingerprint density at radius 1 is 1.53 bits per heavy atom. The van der Waals surface area contributed by atoms with Gasteiger partial charge in [0.25, 0.3) is 0 Å². The minimum Gasteiger partial charge on any atom is -0.491 e. The first-order valence-corrected chi connectivity index (χ1v) is 6.52. The Morgan fingerprint density at radius 2 is 2.26 bits per heavy atom. The summed E-state index contributed by atoms with van der Waals surface area (Å²) in [6, 6.07) is 4.91. The van der Waals surface area contributed by atoms with Gasteiger partial charge >= 0.3 is 5.97 Å². The minimum absolute atomic E-state index is 0.0774. The van der Waals surface area contributed by atoms with Crippen molar-refractivity contribution in [1.29, 1.82) is 0 Å². The Morgan fingerprint density at radius 3 is 2.84 bits per heavy atom. The van der Waals surface area contributed by atoms with Crippen molar-refractivity contribution in [2.24, 2.45) is 0 Å². The first-order valence-electron chi connectivity index (χ1n) is 6.52. The molecule has 0 aliphatic carbocycles. The van der Waals surface area contributed by atoms with Crippen LogP contribution in [0.5, 0.6) is 5.75 Å². The van der Waals surface area contributed by atoms with Crippen LogP contribution in [0.25, 0.3) is 0 Å². The molecule has 4 heteroatoms. The molecule has 104 valence electrons. The summed E-state index contributed by atoms with van der Waals surface area (Å²) in [7, 11) is 0. The van der Waals surface area contributed by atoms with Crippen LogP contribution >= 0.6 is 0 Å². The largest absolute Gasteiger partial charge is 0.491 e. The fraction of sp³-hybridized carbons (Fsp3) is 0.533. The van der Waals surface area contributed by atoms with E-state index in [0.29, 0.717) is 12.4 Å². The molecule has 1 heterocycles. The number of aromatic carboxylic acids is 1. The van der Waals surface area contributed by atoms with E-state index < -0.39 is 5.97 Å². The van der Waals surface area contributed by atoms with Crippen LogP contribution in [-0.2, 0) is 4.74 Å². The molecule has 1 aromatic rings. The van der Waals surface area contributed by atoms with E-state index in [1.807, 2.05) is 6.92 Å². The lowest BCUT2D eigenvalue weighted by atomic mass is 10.1. The molecule has 1 aromatic carbocycles. The third kappa shape index (κ3) is 3.47. The molecular formula is C15H20O4. The number of carboxylic acid groups (broad SMARTS) is 1. The lowest BCUT2D eigenvalue weighted by Gasteiger charge is -2.20. The number of hydrogen-bond acceptors (Lipinski definition) is 3. The second kappa shape index (κ2) is 5.21. The summed E-state index contributed by atoms with van der Waals surface area (Å²) in [5.41, 5.74) is 1.10. The molecule has 1 saturated heterocycles. The summed E-state index contributed by atoms with van der Waals surface area (Å²) in [6.45, 7) is 6.51. The van der Waals surface area contributed by atoms with E-state index in [-0.39, 0.29) is 17.3 Å². The quantitative estimate of drug-likeness (QED) is 0.908. The van der Waals surface area contributed by atoms with E-state index >= 15 is 0 Å². The molecule has 1 unspecified atom stereocenters. The van der Waals surface area contributed by atoms with Crippen LogP contribution in [0.15, 0.2) is 18.2 Å². The fourth-order valence-electron chi connectivity index (χ4n) is 2.27. The zero-order chi connectivity index (χ0) is 14.0. The molecular weight excluding hydrogens is 244 g/mol. The summed E-state index contributed by atoms with van der Waals surface area (Å²) < 4.78 is 11.6. The first kappa shape index (κ1) is 13.9. The number of aryl methyl sites for hydroxylation is 1. The number of hydrogen-bond donors (Lipinski definition) is 1. The van der Waals surface area contributed by atoms with E-state index in [1.54, 1.807) is 18.2 Å². The van der Waals surface area contributed by atoms with Gasteiger partial charge < -0.3 is 14.6 Å². The maximum Gasteiger partial charge on any atom is 0.335 e. The topological polar surface area (TPSA) is 55.8 Å². The van der Waals surface area contributed by atoms with Crippen LogP contribution in [0.2, 0.25) is 0 Å². The van der Waals surface area contributed by atoms with Crippen molar-refractivity contribution in [3.05, 3.63) is 29.3 Å². The zero-order valence-corrected chi connectivity index (χ0v) is 11.6. The third-order valence-electron chi connectivity index (χ3n) is 3.41. The monoisotopic (exact) mass is 264 g/mol. The Labute approximate surface area is 113 Å². The molecule has 0 radical (unpaired) electrons. The molecule has 0 amide bonds. The molecule has 19 heavy (non-hydrogen) atoms. The van der Waals surface area contributed by atoms with E-state index in [4.69, 9.17) is 14.6 Å². The second-order valence-electron chi connectivity index (χ2n) is 5.63. The Bertz CT molecular complexity index is 479. The highest BCUT2D eigenvalue weighted by Crippen LogP contribution is 2.30. The van der Waals surface area contributed by atoms with Crippen LogP contribution < -0.4 is 4.74 Å². The van der Waals surface area contributed by atoms with Crippen LogP contribution in [-0.4, -0.2) is 29.4 Å². The summed E-state index contributed by atoms with van der Waals surface area (Å²) in [5.74, 6) is -0.323. The van der Waals surface area contributed by atoms with Gasteiger partial charge in [-0.1, -0.05) is 6.07 Å². The predicted octanol–water partition coefficient (Wildman–Crippen LogP) is 3.03. The first-order chi connectivity index (χ1) is 8.87. The molecule has 0 aromatic heterocycles. The zero-order valence-electron chi connectivity index (χ0n) is 11.6. The summed E-state index contributed by atoms with van der Waals surface area (Å²) >= 11 is 0. The molecule has 1 N–H and O–H groups in total. The van der Waals surface area contributed by atoms with Crippen molar-refractivity contribution in [3.63, 3.8) is 0 Å². The standard InChI is InChI=1S/C15H20O4/c1-10-4-5-11(14(16)17)8-13(10)18-9-12-6-7-15(2,3)19-12/h4-5,8,12H,6-7,9H2,1-3H3,(H,16,17). The second-order valence-corrected chi connectivity index (χ2v) is 5.63. The smallest absolute Gasteiger partial charge is 0.335 e. The van der Waals surface area contributed by atoms with Gasteiger partial charge in [-0.05, 0) is 51.3 Å². The number of carbonyl (C=O) groups is 1. The van der Waals surface area contributed by atoms with Gasteiger partial charge in [0.15, 0.2) is 0 Å². The van der Waals surface area contributed by atoms with Gasteiger partial charge in [0.1, 0.15) is 12.4 Å². The van der Waals surface area contributed by atoms with Gasteiger partial charge in [-0.2, -0.15) is 0 Å². The molecule has 0 bridgehead atoms. The summed E-state index contributed by atoms with van der Waals surface area (Å²) in [5, 5.41) is 8.97. The van der Waals surface area contributed by atoms with Crippen molar-refractivity contribution >= 4 is 5.97 Å². The van der Waals surface area contributed by atoms with Gasteiger partial charge in [0.2, 0.25) is 0 Å². The van der Waals surface area contributed by atoms with Gasteiger partial charge in [0, 0.05) is 0 Å². The van der Waals surface area contributed by atoms with E-state index in [1.165, 1.54) is 0 Å². The fourth-order valence-corrected chi connectivity index (χ4v) is 2.27. The number of benzene rings is 1. The highest BCUT2D eigenvalue weighted by molar-refractivity contribution is 5.88. The predicted molar refractivity (Wildman–Crippen MR) is 71.8 cm³/mol. The summed E-state index contributed by atoms with van der Waals surface area (Å²) in [4.78, 5) is 10.9. The Balaban J connectivity index is 2.00. The lowest BCUT2D eigenvalue weighted by molar-refractivity contribution is -0.0327. The summed E-state index contributed by atoms with van der Waals surface area (Å²) in [6.07, 6.45) is 2.09. The maximum absolute atomic E-state index is 10.9. The Kier molecular flexibility index (Phi) is 3.80. The van der Waals surface area contributed by atoms with Gasteiger partial charge in [-0.15, -0.1) is 0 Å². The van der Waals surface area contributed by atoms with E-state index in [9.17, 15) is 4.79 Å².